The van der Waals surface area contributed by atoms with Gasteiger partial charge in [-0.2, -0.15) is 13.2 Å². The zero-order chi connectivity index (χ0) is 16.3. The van der Waals surface area contributed by atoms with Gasteiger partial charge >= 0.3 is 6.18 Å². The highest BCUT2D eigenvalue weighted by Crippen LogP contribution is 2.30. The van der Waals surface area contributed by atoms with Gasteiger partial charge in [0.1, 0.15) is 0 Å². The molecule has 0 fully saturated rings. The van der Waals surface area contributed by atoms with Gasteiger partial charge in [0.2, 0.25) is 0 Å². The molecule has 0 bridgehead atoms. The summed E-state index contributed by atoms with van der Waals surface area (Å²) >= 11 is 0. The van der Waals surface area contributed by atoms with Crippen molar-refractivity contribution < 1.29 is 18.4 Å². The van der Waals surface area contributed by atoms with E-state index in [0.717, 1.165) is 12.1 Å². The van der Waals surface area contributed by atoms with E-state index in [4.69, 9.17) is 10.9 Å². The van der Waals surface area contributed by atoms with E-state index in [1.54, 1.807) is 6.92 Å². The Balaban J connectivity index is 2.33. The molecule has 2 rings (SSSR count). The van der Waals surface area contributed by atoms with Gasteiger partial charge in [-0.3, -0.25) is 0 Å². The van der Waals surface area contributed by atoms with Crippen molar-refractivity contribution >= 4 is 17.3 Å². The first-order valence-electron chi connectivity index (χ1n) is 6.07. The fourth-order valence-electron chi connectivity index (χ4n) is 1.68. The molecule has 0 radical (unpaired) electrons. The average Bonchev–Trinajstić information content (AvgIpc) is 2.46. The third kappa shape index (κ3) is 3.43. The fourth-order valence-corrected chi connectivity index (χ4v) is 1.68. The van der Waals surface area contributed by atoms with E-state index in [0.29, 0.717) is 11.4 Å². The van der Waals surface area contributed by atoms with Crippen molar-refractivity contribution in [2.24, 2.45) is 10.9 Å². The summed E-state index contributed by atoms with van der Waals surface area (Å²) in [5.41, 5.74) is 5.74. The van der Waals surface area contributed by atoms with E-state index in [-0.39, 0.29) is 17.3 Å². The molecule has 0 saturated heterocycles. The maximum Gasteiger partial charge on any atom is 0.416 e. The van der Waals surface area contributed by atoms with Crippen LogP contribution in [0.5, 0.6) is 0 Å². The predicted octanol–water partition coefficient (Wildman–Crippen LogP) is 2.64. The monoisotopic (exact) mass is 311 g/mol. The van der Waals surface area contributed by atoms with Gasteiger partial charge in [0.15, 0.2) is 17.3 Å². The highest BCUT2D eigenvalue weighted by Gasteiger charge is 2.30. The predicted molar refractivity (Wildman–Crippen MR) is 74.0 cm³/mol. The lowest BCUT2D eigenvalue weighted by Gasteiger charge is -2.11. The number of halogens is 3. The van der Waals surface area contributed by atoms with Gasteiger partial charge < -0.3 is 16.3 Å². The van der Waals surface area contributed by atoms with Crippen LogP contribution in [0, 0.1) is 6.92 Å². The van der Waals surface area contributed by atoms with Crippen LogP contribution in [-0.2, 0) is 6.18 Å². The molecule has 22 heavy (non-hydrogen) atoms. The Labute approximate surface area is 123 Å². The van der Waals surface area contributed by atoms with Gasteiger partial charge in [0.05, 0.1) is 11.3 Å². The molecule has 6 nitrogen and oxygen atoms in total. The number of benzene rings is 1. The number of nitrogens with zero attached hydrogens (tertiary/aromatic N) is 3. The second-order valence-electron chi connectivity index (χ2n) is 4.39. The van der Waals surface area contributed by atoms with Gasteiger partial charge in [0.25, 0.3) is 0 Å². The Morgan fingerprint density at radius 3 is 2.45 bits per heavy atom. The number of alkyl halides is 3. The van der Waals surface area contributed by atoms with E-state index in [1.807, 2.05) is 0 Å². The van der Waals surface area contributed by atoms with Crippen LogP contribution in [0.3, 0.4) is 0 Å². The molecule has 4 N–H and O–H groups in total. The molecule has 0 aliphatic carbocycles. The van der Waals surface area contributed by atoms with E-state index >= 15 is 0 Å². The molecule has 0 saturated carbocycles. The molecule has 1 heterocycles. The van der Waals surface area contributed by atoms with E-state index in [1.165, 1.54) is 18.3 Å². The standard InChI is InChI=1S/C13H12F3N5O/c1-7-6-18-10(11(17)21-22)12(19-7)20-9-4-2-8(3-5-9)13(14,15)16/h2-6,22H,1H3,(H2,17,21)(H,19,20). The third-order valence-corrected chi connectivity index (χ3v) is 2.72. The summed E-state index contributed by atoms with van der Waals surface area (Å²) in [5, 5.41) is 14.4. The Kier molecular flexibility index (Phi) is 4.15. The van der Waals surface area contributed by atoms with Crippen LogP contribution in [0.15, 0.2) is 35.6 Å². The SMILES string of the molecule is Cc1cnc(/C(N)=N\O)c(Nc2ccc(C(F)(F)F)cc2)n1. The first kappa shape index (κ1) is 15.5. The average molecular weight is 311 g/mol. The van der Waals surface area contributed by atoms with Gasteiger partial charge in [-0.1, -0.05) is 5.16 Å². The summed E-state index contributed by atoms with van der Waals surface area (Å²) in [4.78, 5) is 8.12. The number of rotatable bonds is 3. The molecule has 2 aromatic rings. The van der Waals surface area contributed by atoms with Gasteiger partial charge in [0, 0.05) is 11.9 Å². The van der Waals surface area contributed by atoms with Crippen molar-refractivity contribution in [3.63, 3.8) is 0 Å². The molecule has 0 aliphatic rings. The Bertz CT molecular complexity index is 698. The maximum absolute atomic E-state index is 12.5. The quantitative estimate of drug-likeness (QED) is 0.350. The number of amidine groups is 1. The van der Waals surface area contributed by atoms with Crippen LogP contribution < -0.4 is 11.1 Å². The normalized spacial score (nSPS) is 12.3. The van der Waals surface area contributed by atoms with Crippen LogP contribution in [-0.4, -0.2) is 21.0 Å². The van der Waals surface area contributed by atoms with Gasteiger partial charge in [-0.25, -0.2) is 9.97 Å². The molecule has 116 valence electrons. The minimum atomic E-state index is -4.40. The van der Waals surface area contributed by atoms with Crippen molar-refractivity contribution in [2.45, 2.75) is 13.1 Å². The second kappa shape index (κ2) is 5.88. The molecule has 0 spiro atoms. The van der Waals surface area contributed by atoms with Crippen molar-refractivity contribution in [2.75, 3.05) is 5.32 Å². The summed E-state index contributed by atoms with van der Waals surface area (Å²) in [6, 6.07) is 4.38. The lowest BCUT2D eigenvalue weighted by atomic mass is 10.2. The number of anilines is 2. The van der Waals surface area contributed by atoms with Crippen LogP contribution in [0.4, 0.5) is 24.7 Å². The van der Waals surface area contributed by atoms with Crippen LogP contribution >= 0.6 is 0 Å². The zero-order valence-electron chi connectivity index (χ0n) is 11.4. The number of aromatic nitrogens is 2. The third-order valence-electron chi connectivity index (χ3n) is 2.72. The van der Waals surface area contributed by atoms with Gasteiger partial charge in [-0.05, 0) is 31.2 Å². The number of oxime groups is 1. The smallest absolute Gasteiger partial charge is 0.409 e. The molecule has 0 amide bonds. The Morgan fingerprint density at radius 1 is 1.27 bits per heavy atom. The fraction of sp³-hybridized carbons (Fsp3) is 0.154. The largest absolute Gasteiger partial charge is 0.416 e. The van der Waals surface area contributed by atoms with Crippen LogP contribution in [0.1, 0.15) is 17.0 Å². The van der Waals surface area contributed by atoms with E-state index in [9.17, 15) is 13.2 Å². The summed E-state index contributed by atoms with van der Waals surface area (Å²) in [7, 11) is 0. The molecule has 0 unspecified atom stereocenters. The summed E-state index contributed by atoms with van der Waals surface area (Å²) in [5.74, 6) is -0.0861. The lowest BCUT2D eigenvalue weighted by molar-refractivity contribution is -0.137. The minimum absolute atomic E-state index is 0.0907. The first-order valence-corrected chi connectivity index (χ1v) is 6.07. The number of nitrogens with two attached hydrogens (primary N) is 1. The second-order valence-corrected chi connectivity index (χ2v) is 4.39. The van der Waals surface area contributed by atoms with Crippen LogP contribution in [0.2, 0.25) is 0 Å². The summed E-state index contributed by atoms with van der Waals surface area (Å²) < 4.78 is 37.5. The number of hydrogen-bond acceptors (Lipinski definition) is 5. The molecule has 0 aliphatic heterocycles. The maximum atomic E-state index is 12.5. The van der Waals surface area contributed by atoms with Crippen molar-refractivity contribution in [3.05, 3.63) is 47.4 Å². The molecule has 9 heteroatoms. The number of nitrogens with one attached hydrogen (secondary N) is 1. The summed E-state index contributed by atoms with van der Waals surface area (Å²) in [6.07, 6.45) is -2.98. The minimum Gasteiger partial charge on any atom is -0.409 e. The number of hydrogen-bond donors (Lipinski definition) is 3. The zero-order valence-corrected chi connectivity index (χ0v) is 11.4. The van der Waals surface area contributed by atoms with Crippen molar-refractivity contribution in [1.29, 1.82) is 0 Å². The number of aryl methyl sites for hydroxylation is 1. The van der Waals surface area contributed by atoms with Crippen molar-refractivity contribution in [3.8, 4) is 0 Å². The molecule has 1 aromatic carbocycles. The molecule has 0 atom stereocenters. The molecular weight excluding hydrogens is 299 g/mol. The summed E-state index contributed by atoms with van der Waals surface area (Å²) in [6.45, 7) is 1.68. The topological polar surface area (TPSA) is 96.4 Å². The Hall–Kier alpha value is -2.84. The molecular formula is C13H12F3N5O. The van der Waals surface area contributed by atoms with E-state index < -0.39 is 11.7 Å². The van der Waals surface area contributed by atoms with Gasteiger partial charge in [-0.15, -0.1) is 0 Å². The van der Waals surface area contributed by atoms with Crippen LogP contribution in [0.25, 0.3) is 0 Å². The Morgan fingerprint density at radius 2 is 1.91 bits per heavy atom. The van der Waals surface area contributed by atoms with E-state index in [2.05, 4.69) is 20.4 Å². The highest BCUT2D eigenvalue weighted by molar-refractivity contribution is 5.99. The lowest BCUT2D eigenvalue weighted by Crippen LogP contribution is -2.18. The first-order chi connectivity index (χ1) is 10.3. The highest BCUT2D eigenvalue weighted by atomic mass is 19.4. The molecule has 1 aromatic heterocycles. The van der Waals surface area contributed by atoms with Crippen molar-refractivity contribution in [1.82, 2.24) is 9.97 Å².